The van der Waals surface area contributed by atoms with E-state index < -0.39 is 7.14 Å². The van der Waals surface area contributed by atoms with Crippen molar-refractivity contribution >= 4 is 12.4 Å². The third kappa shape index (κ3) is 4.48. The summed E-state index contributed by atoms with van der Waals surface area (Å²) in [5.74, 6) is 0. The zero-order chi connectivity index (χ0) is 16.0. The second kappa shape index (κ2) is 8.49. The van der Waals surface area contributed by atoms with Gasteiger partial charge in [-0.2, -0.15) is 0 Å². The van der Waals surface area contributed by atoms with Gasteiger partial charge < -0.3 is 9.46 Å². The molecule has 2 aliphatic rings. The molecule has 1 aromatic rings. The molecule has 128 valence electrons. The Balaban J connectivity index is 1.66. The SMILES string of the molecule is O=P(CCCN1CCCCC1)(c1ccccc1)C1CCCCC1. The quantitative estimate of drug-likeness (QED) is 0.691. The fraction of sp³-hybridized carbons (Fsp3) is 0.700. The minimum Gasteiger partial charge on any atom is -0.318 e. The molecule has 1 aliphatic carbocycles. The van der Waals surface area contributed by atoms with E-state index in [2.05, 4.69) is 29.2 Å². The molecule has 3 heteroatoms. The molecule has 1 atom stereocenters. The van der Waals surface area contributed by atoms with Crippen molar-refractivity contribution < 1.29 is 4.57 Å². The predicted molar refractivity (Wildman–Crippen MR) is 100 cm³/mol. The third-order valence-corrected chi connectivity index (χ3v) is 9.62. The summed E-state index contributed by atoms with van der Waals surface area (Å²) in [5.41, 5.74) is 0.444. The normalized spacial score (nSPS) is 23.5. The van der Waals surface area contributed by atoms with E-state index >= 15 is 0 Å². The van der Waals surface area contributed by atoms with E-state index in [0.29, 0.717) is 5.66 Å². The summed E-state index contributed by atoms with van der Waals surface area (Å²) in [7, 11) is -2.24. The van der Waals surface area contributed by atoms with Crippen molar-refractivity contribution in [1.29, 1.82) is 0 Å². The highest BCUT2D eigenvalue weighted by Gasteiger charge is 2.34. The zero-order valence-electron chi connectivity index (χ0n) is 14.5. The summed E-state index contributed by atoms with van der Waals surface area (Å²) in [6.45, 7) is 3.64. The first-order valence-corrected chi connectivity index (χ1v) is 11.6. The number of benzene rings is 1. The first kappa shape index (κ1) is 17.2. The molecule has 1 unspecified atom stereocenters. The summed E-state index contributed by atoms with van der Waals surface area (Å²) in [6, 6.07) is 10.4. The molecule has 2 fully saturated rings. The average molecular weight is 333 g/mol. The van der Waals surface area contributed by atoms with Gasteiger partial charge in [-0.05, 0) is 51.7 Å². The van der Waals surface area contributed by atoms with Crippen molar-refractivity contribution in [3.05, 3.63) is 30.3 Å². The van der Waals surface area contributed by atoms with Crippen molar-refractivity contribution in [2.24, 2.45) is 0 Å². The van der Waals surface area contributed by atoms with Crippen LogP contribution in [-0.2, 0) is 4.57 Å². The molecular formula is C20H32NOP. The van der Waals surface area contributed by atoms with Gasteiger partial charge in [-0.3, -0.25) is 0 Å². The van der Waals surface area contributed by atoms with Crippen LogP contribution in [0.4, 0.5) is 0 Å². The van der Waals surface area contributed by atoms with E-state index in [-0.39, 0.29) is 0 Å². The van der Waals surface area contributed by atoms with Crippen LogP contribution < -0.4 is 5.30 Å². The predicted octanol–water partition coefficient (Wildman–Crippen LogP) is 4.88. The number of hydrogen-bond acceptors (Lipinski definition) is 2. The molecule has 0 aromatic heterocycles. The maximum atomic E-state index is 14.0. The van der Waals surface area contributed by atoms with E-state index in [1.807, 2.05) is 6.07 Å². The van der Waals surface area contributed by atoms with Gasteiger partial charge in [0.05, 0.1) is 0 Å². The fourth-order valence-corrected chi connectivity index (χ4v) is 7.95. The van der Waals surface area contributed by atoms with Crippen molar-refractivity contribution in [2.75, 3.05) is 25.8 Å². The van der Waals surface area contributed by atoms with Crippen LogP contribution in [0.15, 0.2) is 30.3 Å². The van der Waals surface area contributed by atoms with E-state index in [4.69, 9.17) is 0 Å². The van der Waals surface area contributed by atoms with Crippen molar-refractivity contribution in [3.8, 4) is 0 Å². The van der Waals surface area contributed by atoms with E-state index in [0.717, 1.165) is 24.4 Å². The van der Waals surface area contributed by atoms with Crippen molar-refractivity contribution in [2.45, 2.75) is 63.4 Å². The van der Waals surface area contributed by atoms with Gasteiger partial charge in [-0.25, -0.2) is 0 Å². The highest BCUT2D eigenvalue weighted by Crippen LogP contribution is 2.55. The smallest absolute Gasteiger partial charge is 0.118 e. The molecule has 0 spiro atoms. The highest BCUT2D eigenvalue weighted by molar-refractivity contribution is 7.72. The second-order valence-corrected chi connectivity index (χ2v) is 10.7. The summed E-state index contributed by atoms with van der Waals surface area (Å²) in [6.07, 6.45) is 12.3. The summed E-state index contributed by atoms with van der Waals surface area (Å²) in [4.78, 5) is 2.58. The largest absolute Gasteiger partial charge is 0.318 e. The standard InChI is InChI=1S/C20H32NOP/c22-23(19-11-4-1-5-12-19,20-13-6-2-7-14-20)18-10-17-21-15-8-3-9-16-21/h1,4-5,11-12,20H,2-3,6-10,13-18H2. The van der Waals surface area contributed by atoms with Gasteiger partial charge in [0.1, 0.15) is 7.14 Å². The molecule has 1 saturated carbocycles. The summed E-state index contributed by atoms with van der Waals surface area (Å²) in [5, 5.41) is 1.14. The average Bonchev–Trinajstić information content (AvgIpc) is 2.64. The van der Waals surface area contributed by atoms with Crippen LogP contribution >= 0.6 is 7.14 Å². The van der Waals surface area contributed by atoms with Crippen LogP contribution in [0, 0.1) is 0 Å². The molecule has 2 nitrogen and oxygen atoms in total. The molecular weight excluding hydrogens is 301 g/mol. The lowest BCUT2D eigenvalue weighted by Gasteiger charge is -2.32. The fourth-order valence-electron chi connectivity index (χ4n) is 4.41. The molecule has 3 rings (SSSR count). The molecule has 23 heavy (non-hydrogen) atoms. The zero-order valence-corrected chi connectivity index (χ0v) is 15.4. The number of nitrogens with zero attached hydrogens (tertiary/aromatic N) is 1. The maximum Gasteiger partial charge on any atom is 0.118 e. The number of likely N-dealkylation sites (tertiary alicyclic amines) is 1. The molecule has 0 amide bonds. The van der Waals surface area contributed by atoms with E-state index in [1.54, 1.807) is 0 Å². The number of rotatable bonds is 6. The van der Waals surface area contributed by atoms with Gasteiger partial charge in [0.25, 0.3) is 0 Å². The Morgan fingerprint density at radius 1 is 0.913 bits per heavy atom. The van der Waals surface area contributed by atoms with Gasteiger partial charge in [0.15, 0.2) is 0 Å². The van der Waals surface area contributed by atoms with Gasteiger partial charge in [-0.1, -0.05) is 56.0 Å². The van der Waals surface area contributed by atoms with Crippen LogP contribution in [0.1, 0.15) is 57.8 Å². The lowest BCUT2D eigenvalue weighted by Crippen LogP contribution is -2.31. The van der Waals surface area contributed by atoms with Crippen LogP contribution in [0.2, 0.25) is 0 Å². The van der Waals surface area contributed by atoms with Crippen LogP contribution in [0.5, 0.6) is 0 Å². The molecule has 1 saturated heterocycles. The van der Waals surface area contributed by atoms with Gasteiger partial charge in [-0.15, -0.1) is 0 Å². The van der Waals surface area contributed by atoms with Crippen LogP contribution in [0.3, 0.4) is 0 Å². The Hall–Kier alpha value is -0.590. The van der Waals surface area contributed by atoms with Crippen molar-refractivity contribution in [1.82, 2.24) is 4.90 Å². The number of hydrogen-bond donors (Lipinski definition) is 0. The minimum atomic E-state index is -2.24. The second-order valence-electron chi connectivity index (χ2n) is 7.40. The van der Waals surface area contributed by atoms with Gasteiger partial charge in [0.2, 0.25) is 0 Å². The summed E-state index contributed by atoms with van der Waals surface area (Å²) >= 11 is 0. The first-order valence-electron chi connectivity index (χ1n) is 9.66. The Bertz CT molecular complexity index is 504. The van der Waals surface area contributed by atoms with Crippen LogP contribution in [-0.4, -0.2) is 36.4 Å². The monoisotopic (exact) mass is 333 g/mol. The molecule has 1 aromatic carbocycles. The number of piperidine rings is 1. The Morgan fingerprint density at radius 2 is 1.57 bits per heavy atom. The van der Waals surface area contributed by atoms with Crippen molar-refractivity contribution in [3.63, 3.8) is 0 Å². The van der Waals surface area contributed by atoms with Gasteiger partial charge in [0, 0.05) is 17.1 Å². The Kier molecular flexibility index (Phi) is 6.36. The lowest BCUT2D eigenvalue weighted by atomic mass is 10.0. The minimum absolute atomic E-state index is 0.444. The van der Waals surface area contributed by atoms with Crippen LogP contribution in [0.25, 0.3) is 0 Å². The maximum absolute atomic E-state index is 14.0. The molecule has 0 bridgehead atoms. The molecule has 0 N–H and O–H groups in total. The van der Waals surface area contributed by atoms with Gasteiger partial charge >= 0.3 is 0 Å². The molecule has 1 heterocycles. The summed E-state index contributed by atoms with van der Waals surface area (Å²) < 4.78 is 14.0. The molecule has 1 aliphatic heterocycles. The lowest BCUT2D eigenvalue weighted by molar-refractivity contribution is 0.229. The van der Waals surface area contributed by atoms with E-state index in [1.165, 1.54) is 64.5 Å². The molecule has 0 radical (unpaired) electrons. The Labute approximate surface area is 142 Å². The Morgan fingerprint density at radius 3 is 2.26 bits per heavy atom. The third-order valence-electron chi connectivity index (χ3n) is 5.77. The topological polar surface area (TPSA) is 20.3 Å². The first-order chi connectivity index (χ1) is 11.3. The van der Waals surface area contributed by atoms with E-state index in [9.17, 15) is 4.57 Å². The highest BCUT2D eigenvalue weighted by atomic mass is 31.2.